The Labute approximate surface area is 113 Å². The summed E-state index contributed by atoms with van der Waals surface area (Å²) in [6.07, 6.45) is 2.60. The summed E-state index contributed by atoms with van der Waals surface area (Å²) in [5.74, 6) is 1.35. The second kappa shape index (κ2) is 6.75. The Kier molecular flexibility index (Phi) is 4.75. The van der Waals surface area contributed by atoms with Crippen molar-refractivity contribution in [2.45, 2.75) is 13.0 Å². The smallest absolute Gasteiger partial charge is 0.123 e. The van der Waals surface area contributed by atoms with Crippen LogP contribution >= 0.6 is 0 Å². The van der Waals surface area contributed by atoms with Gasteiger partial charge in [0.15, 0.2) is 0 Å². The van der Waals surface area contributed by atoms with Crippen LogP contribution in [0.1, 0.15) is 11.1 Å². The molecule has 2 rings (SSSR count). The zero-order valence-electron chi connectivity index (χ0n) is 11.0. The van der Waals surface area contributed by atoms with E-state index in [1.165, 1.54) is 5.56 Å². The number of hydrogen-bond donors (Lipinski definition) is 1. The summed E-state index contributed by atoms with van der Waals surface area (Å²) >= 11 is 0. The van der Waals surface area contributed by atoms with Gasteiger partial charge in [0.2, 0.25) is 0 Å². The number of benzene rings is 1. The van der Waals surface area contributed by atoms with Crippen LogP contribution in [0.5, 0.6) is 5.75 Å². The van der Waals surface area contributed by atoms with Crippen molar-refractivity contribution in [3.63, 3.8) is 0 Å². The summed E-state index contributed by atoms with van der Waals surface area (Å²) in [5.41, 5.74) is 7.86. The fourth-order valence-corrected chi connectivity index (χ4v) is 1.72. The molecule has 100 valence electrons. The standard InChI is InChI=1S/C15H18N2O2/c1-18-9-7-12-2-4-14(5-3-12)19-11-13-6-8-17-15(16)10-13/h2-6,8,10H,7,9,11H2,1H3,(H2,16,17). The van der Waals surface area contributed by atoms with Gasteiger partial charge in [0.1, 0.15) is 18.2 Å². The fraction of sp³-hybridized carbons (Fsp3) is 0.267. The summed E-state index contributed by atoms with van der Waals surface area (Å²) in [6.45, 7) is 1.22. The van der Waals surface area contributed by atoms with Crippen molar-refractivity contribution in [3.8, 4) is 5.75 Å². The number of nitrogen functional groups attached to an aromatic ring is 1. The third-order valence-corrected chi connectivity index (χ3v) is 2.77. The highest BCUT2D eigenvalue weighted by atomic mass is 16.5. The molecule has 4 heteroatoms. The lowest BCUT2D eigenvalue weighted by Gasteiger charge is -2.07. The van der Waals surface area contributed by atoms with Crippen molar-refractivity contribution in [2.75, 3.05) is 19.5 Å². The first-order valence-corrected chi connectivity index (χ1v) is 6.19. The molecule has 0 atom stereocenters. The van der Waals surface area contributed by atoms with Gasteiger partial charge in [-0.25, -0.2) is 4.98 Å². The van der Waals surface area contributed by atoms with Crippen LogP contribution in [0.3, 0.4) is 0 Å². The van der Waals surface area contributed by atoms with E-state index in [0.29, 0.717) is 12.4 Å². The number of nitrogens with zero attached hydrogens (tertiary/aromatic N) is 1. The molecule has 0 fully saturated rings. The number of aromatic nitrogens is 1. The molecule has 1 aromatic carbocycles. The monoisotopic (exact) mass is 258 g/mol. The van der Waals surface area contributed by atoms with E-state index in [1.54, 1.807) is 13.3 Å². The van der Waals surface area contributed by atoms with Crippen LogP contribution in [0.15, 0.2) is 42.6 Å². The lowest BCUT2D eigenvalue weighted by Crippen LogP contribution is -1.98. The largest absolute Gasteiger partial charge is 0.489 e. The number of anilines is 1. The predicted molar refractivity (Wildman–Crippen MR) is 75.0 cm³/mol. The van der Waals surface area contributed by atoms with E-state index in [0.717, 1.165) is 24.3 Å². The van der Waals surface area contributed by atoms with Crippen LogP contribution in [-0.2, 0) is 17.8 Å². The highest BCUT2D eigenvalue weighted by Gasteiger charge is 1.98. The Morgan fingerprint density at radius 2 is 1.89 bits per heavy atom. The van der Waals surface area contributed by atoms with Crippen LogP contribution in [0.2, 0.25) is 0 Å². The van der Waals surface area contributed by atoms with Gasteiger partial charge in [0.05, 0.1) is 6.61 Å². The molecular formula is C15H18N2O2. The average Bonchev–Trinajstić information content (AvgIpc) is 2.44. The summed E-state index contributed by atoms with van der Waals surface area (Å²) < 4.78 is 10.7. The van der Waals surface area contributed by atoms with Gasteiger partial charge in [-0.1, -0.05) is 12.1 Å². The number of hydrogen-bond acceptors (Lipinski definition) is 4. The number of nitrogens with two attached hydrogens (primary N) is 1. The second-order valence-corrected chi connectivity index (χ2v) is 4.26. The van der Waals surface area contributed by atoms with Gasteiger partial charge in [-0.2, -0.15) is 0 Å². The first kappa shape index (κ1) is 13.4. The molecule has 0 aliphatic rings. The maximum absolute atomic E-state index is 5.69. The van der Waals surface area contributed by atoms with Crippen molar-refractivity contribution in [1.82, 2.24) is 4.98 Å². The topological polar surface area (TPSA) is 57.4 Å². The molecule has 1 aromatic heterocycles. The normalized spacial score (nSPS) is 10.4. The first-order valence-electron chi connectivity index (χ1n) is 6.19. The van der Waals surface area contributed by atoms with Crippen LogP contribution in [0, 0.1) is 0 Å². The number of ether oxygens (including phenoxy) is 2. The Morgan fingerprint density at radius 3 is 2.58 bits per heavy atom. The minimum Gasteiger partial charge on any atom is -0.489 e. The highest BCUT2D eigenvalue weighted by molar-refractivity contribution is 5.32. The Morgan fingerprint density at radius 1 is 1.11 bits per heavy atom. The Bertz CT molecular complexity index is 512. The van der Waals surface area contributed by atoms with Gasteiger partial charge in [-0.3, -0.25) is 0 Å². The molecule has 19 heavy (non-hydrogen) atoms. The summed E-state index contributed by atoms with van der Waals surface area (Å²) in [6, 6.07) is 11.7. The van der Waals surface area contributed by atoms with E-state index in [-0.39, 0.29) is 0 Å². The van der Waals surface area contributed by atoms with E-state index in [1.807, 2.05) is 24.3 Å². The molecular weight excluding hydrogens is 240 g/mol. The number of pyridine rings is 1. The van der Waals surface area contributed by atoms with Crippen molar-refractivity contribution < 1.29 is 9.47 Å². The van der Waals surface area contributed by atoms with Gasteiger partial charge in [0, 0.05) is 13.3 Å². The average molecular weight is 258 g/mol. The lowest BCUT2D eigenvalue weighted by atomic mass is 10.1. The molecule has 0 bridgehead atoms. The highest BCUT2D eigenvalue weighted by Crippen LogP contribution is 2.15. The summed E-state index contributed by atoms with van der Waals surface area (Å²) in [5, 5.41) is 0. The number of rotatable bonds is 6. The van der Waals surface area contributed by atoms with Crippen molar-refractivity contribution in [1.29, 1.82) is 0 Å². The summed E-state index contributed by atoms with van der Waals surface area (Å²) in [4.78, 5) is 3.95. The van der Waals surface area contributed by atoms with E-state index >= 15 is 0 Å². The maximum Gasteiger partial charge on any atom is 0.123 e. The van der Waals surface area contributed by atoms with E-state index < -0.39 is 0 Å². The zero-order chi connectivity index (χ0) is 13.5. The molecule has 0 amide bonds. The molecule has 0 radical (unpaired) electrons. The van der Waals surface area contributed by atoms with Gasteiger partial charge >= 0.3 is 0 Å². The second-order valence-electron chi connectivity index (χ2n) is 4.26. The van der Waals surface area contributed by atoms with Crippen molar-refractivity contribution in [3.05, 3.63) is 53.7 Å². The molecule has 0 spiro atoms. The van der Waals surface area contributed by atoms with Crippen LogP contribution in [-0.4, -0.2) is 18.7 Å². The van der Waals surface area contributed by atoms with E-state index in [9.17, 15) is 0 Å². The SMILES string of the molecule is COCCc1ccc(OCc2ccnc(N)c2)cc1. The molecule has 1 heterocycles. The Balaban J connectivity index is 1.89. The maximum atomic E-state index is 5.69. The van der Waals surface area contributed by atoms with Gasteiger partial charge in [-0.05, 0) is 41.8 Å². The quantitative estimate of drug-likeness (QED) is 0.864. The third kappa shape index (κ3) is 4.26. The predicted octanol–water partition coefficient (Wildman–Crippen LogP) is 2.43. The van der Waals surface area contributed by atoms with E-state index in [2.05, 4.69) is 17.1 Å². The molecule has 2 N–H and O–H groups in total. The van der Waals surface area contributed by atoms with Gasteiger partial charge < -0.3 is 15.2 Å². The molecule has 0 unspecified atom stereocenters. The van der Waals surface area contributed by atoms with Crippen molar-refractivity contribution in [2.24, 2.45) is 0 Å². The van der Waals surface area contributed by atoms with Gasteiger partial charge in [0.25, 0.3) is 0 Å². The third-order valence-electron chi connectivity index (χ3n) is 2.77. The van der Waals surface area contributed by atoms with Crippen LogP contribution < -0.4 is 10.5 Å². The van der Waals surface area contributed by atoms with Gasteiger partial charge in [-0.15, -0.1) is 0 Å². The lowest BCUT2D eigenvalue weighted by molar-refractivity contribution is 0.202. The fourth-order valence-electron chi connectivity index (χ4n) is 1.72. The first-order chi connectivity index (χ1) is 9.28. The number of methoxy groups -OCH3 is 1. The van der Waals surface area contributed by atoms with Crippen LogP contribution in [0.4, 0.5) is 5.82 Å². The van der Waals surface area contributed by atoms with Crippen molar-refractivity contribution >= 4 is 5.82 Å². The molecule has 4 nitrogen and oxygen atoms in total. The molecule has 0 aliphatic heterocycles. The zero-order valence-corrected chi connectivity index (χ0v) is 11.0. The molecule has 0 aliphatic carbocycles. The molecule has 0 saturated carbocycles. The Hall–Kier alpha value is -2.07. The molecule has 2 aromatic rings. The van der Waals surface area contributed by atoms with Crippen LogP contribution in [0.25, 0.3) is 0 Å². The minimum absolute atomic E-state index is 0.490. The van der Waals surface area contributed by atoms with E-state index in [4.69, 9.17) is 15.2 Å². The molecule has 0 saturated heterocycles. The minimum atomic E-state index is 0.490. The summed E-state index contributed by atoms with van der Waals surface area (Å²) in [7, 11) is 1.71.